The van der Waals surface area contributed by atoms with E-state index >= 15 is 0 Å². The van der Waals surface area contributed by atoms with Crippen molar-refractivity contribution in [2.24, 2.45) is 5.92 Å². The highest BCUT2D eigenvalue weighted by Crippen LogP contribution is 2.38. The molecule has 0 radical (unpaired) electrons. The second-order valence-corrected chi connectivity index (χ2v) is 8.88. The van der Waals surface area contributed by atoms with Crippen molar-refractivity contribution in [3.8, 4) is 5.75 Å². The molecule has 0 saturated heterocycles. The van der Waals surface area contributed by atoms with E-state index in [1.54, 1.807) is 24.1 Å². The van der Waals surface area contributed by atoms with E-state index in [-0.39, 0.29) is 23.4 Å². The third-order valence-corrected chi connectivity index (χ3v) is 6.55. The van der Waals surface area contributed by atoms with Gasteiger partial charge in [-0.15, -0.1) is 6.58 Å². The van der Waals surface area contributed by atoms with Gasteiger partial charge in [0.15, 0.2) is 0 Å². The van der Waals surface area contributed by atoms with Gasteiger partial charge in [-0.2, -0.15) is 0 Å². The van der Waals surface area contributed by atoms with Gasteiger partial charge in [0.05, 0.1) is 12.0 Å². The van der Waals surface area contributed by atoms with Crippen LogP contribution < -0.4 is 14.4 Å². The molecule has 1 aliphatic rings. The second kappa shape index (κ2) is 8.80. The largest absolute Gasteiger partial charge is 0.497 e. The van der Waals surface area contributed by atoms with Gasteiger partial charge in [-0.05, 0) is 74.2 Å². The predicted octanol–water partition coefficient (Wildman–Crippen LogP) is 3.60. The first kappa shape index (κ1) is 21.1. The van der Waals surface area contributed by atoms with E-state index in [9.17, 15) is 13.2 Å². The highest BCUT2D eigenvalue weighted by molar-refractivity contribution is 7.89. The predicted molar refractivity (Wildman–Crippen MR) is 114 cm³/mol. The lowest BCUT2D eigenvalue weighted by atomic mass is 10.1. The zero-order chi connectivity index (χ0) is 21.0. The fourth-order valence-corrected chi connectivity index (χ4v) is 4.24. The summed E-state index contributed by atoms with van der Waals surface area (Å²) in [6.45, 7) is 5.70. The Hall–Kier alpha value is -2.64. The van der Waals surface area contributed by atoms with E-state index in [0.29, 0.717) is 11.5 Å². The van der Waals surface area contributed by atoms with Crippen LogP contribution in [0.4, 0.5) is 5.69 Å². The molecule has 6 nitrogen and oxygen atoms in total. The molecule has 1 atom stereocenters. The number of ether oxygens (including phenoxy) is 1. The molecule has 1 unspecified atom stereocenters. The molecule has 1 fully saturated rings. The standard InChI is InChI=1S/C22H26N2O4S/c1-4-15-23-29(26,27)21-13-7-18(8-14-21)22(25)24(16(2)17-5-6-17)19-9-11-20(28-3)12-10-19/h4,7-14,16-17,23H,1,5-6,15H2,2-3H3. The fourth-order valence-electron chi connectivity index (χ4n) is 3.24. The van der Waals surface area contributed by atoms with Crippen molar-refractivity contribution in [2.75, 3.05) is 18.6 Å². The van der Waals surface area contributed by atoms with Crippen molar-refractivity contribution in [1.82, 2.24) is 4.72 Å². The number of nitrogens with zero attached hydrogens (tertiary/aromatic N) is 1. The minimum absolute atomic E-state index is 0.0496. The van der Waals surface area contributed by atoms with Crippen molar-refractivity contribution in [2.45, 2.75) is 30.7 Å². The van der Waals surface area contributed by atoms with Crippen LogP contribution in [0, 0.1) is 5.92 Å². The molecule has 2 aromatic carbocycles. The maximum absolute atomic E-state index is 13.3. The molecule has 0 heterocycles. The van der Waals surface area contributed by atoms with E-state index in [2.05, 4.69) is 18.2 Å². The summed E-state index contributed by atoms with van der Waals surface area (Å²) in [5, 5.41) is 0. The molecule has 1 amide bonds. The number of carbonyl (C=O) groups is 1. The fraction of sp³-hybridized carbons (Fsp3) is 0.318. The molecule has 1 aliphatic carbocycles. The van der Waals surface area contributed by atoms with Gasteiger partial charge in [0, 0.05) is 23.8 Å². The number of anilines is 1. The Morgan fingerprint density at radius 2 is 1.83 bits per heavy atom. The maximum Gasteiger partial charge on any atom is 0.258 e. The van der Waals surface area contributed by atoms with Crippen molar-refractivity contribution < 1.29 is 17.9 Å². The van der Waals surface area contributed by atoms with Crippen LogP contribution in [0.15, 0.2) is 66.1 Å². The number of amides is 1. The Morgan fingerprint density at radius 3 is 2.34 bits per heavy atom. The van der Waals surface area contributed by atoms with Crippen molar-refractivity contribution in [3.63, 3.8) is 0 Å². The Balaban J connectivity index is 1.88. The first-order chi connectivity index (χ1) is 13.9. The number of sulfonamides is 1. The van der Waals surface area contributed by atoms with Gasteiger partial charge >= 0.3 is 0 Å². The molecule has 0 aromatic heterocycles. The van der Waals surface area contributed by atoms with Gasteiger partial charge < -0.3 is 9.64 Å². The van der Waals surface area contributed by atoms with Gasteiger partial charge in [0.25, 0.3) is 5.91 Å². The number of carbonyl (C=O) groups excluding carboxylic acids is 1. The Bertz CT molecular complexity index is 965. The third-order valence-electron chi connectivity index (χ3n) is 5.11. The van der Waals surface area contributed by atoms with E-state index < -0.39 is 10.0 Å². The van der Waals surface area contributed by atoms with Gasteiger partial charge in [0.2, 0.25) is 10.0 Å². The lowest BCUT2D eigenvalue weighted by Gasteiger charge is -2.30. The summed E-state index contributed by atoms with van der Waals surface area (Å²) in [6.07, 6.45) is 3.68. The minimum Gasteiger partial charge on any atom is -0.497 e. The van der Waals surface area contributed by atoms with Gasteiger partial charge in [-0.1, -0.05) is 6.08 Å². The molecule has 3 rings (SSSR count). The Morgan fingerprint density at radius 1 is 1.21 bits per heavy atom. The van der Waals surface area contributed by atoms with Crippen LogP contribution in [0.1, 0.15) is 30.1 Å². The van der Waals surface area contributed by atoms with Crippen LogP contribution in [0.2, 0.25) is 0 Å². The molecule has 0 spiro atoms. The number of hydrogen-bond donors (Lipinski definition) is 1. The highest BCUT2D eigenvalue weighted by atomic mass is 32.2. The van der Waals surface area contributed by atoms with E-state index in [4.69, 9.17) is 4.74 Å². The molecule has 2 aromatic rings. The highest BCUT2D eigenvalue weighted by Gasteiger charge is 2.35. The van der Waals surface area contributed by atoms with Gasteiger partial charge in [-0.3, -0.25) is 4.79 Å². The minimum atomic E-state index is -3.62. The first-order valence-corrected chi connectivity index (χ1v) is 11.0. The number of methoxy groups -OCH3 is 1. The van der Waals surface area contributed by atoms with Gasteiger partial charge in [-0.25, -0.2) is 13.1 Å². The lowest BCUT2D eigenvalue weighted by Crippen LogP contribution is -2.40. The summed E-state index contributed by atoms with van der Waals surface area (Å²) < 4.78 is 32.1. The molecule has 1 saturated carbocycles. The SMILES string of the molecule is C=CCNS(=O)(=O)c1ccc(C(=O)N(c2ccc(OC)cc2)C(C)C2CC2)cc1. The van der Waals surface area contributed by atoms with Crippen molar-refractivity contribution in [1.29, 1.82) is 0 Å². The number of hydrogen-bond acceptors (Lipinski definition) is 4. The maximum atomic E-state index is 13.3. The average Bonchev–Trinajstić information content (AvgIpc) is 3.58. The Labute approximate surface area is 172 Å². The van der Waals surface area contributed by atoms with Crippen molar-refractivity contribution >= 4 is 21.6 Å². The summed E-state index contributed by atoms with van der Waals surface area (Å²) in [7, 11) is -2.02. The van der Waals surface area contributed by atoms with Crippen LogP contribution in [0.3, 0.4) is 0 Å². The Kier molecular flexibility index (Phi) is 6.39. The van der Waals surface area contributed by atoms with Crippen LogP contribution in [-0.2, 0) is 10.0 Å². The van der Waals surface area contributed by atoms with Gasteiger partial charge in [0.1, 0.15) is 5.75 Å². The average molecular weight is 415 g/mol. The zero-order valence-electron chi connectivity index (χ0n) is 16.7. The first-order valence-electron chi connectivity index (χ1n) is 9.55. The quantitative estimate of drug-likeness (QED) is 0.636. The van der Waals surface area contributed by atoms with Crippen LogP contribution in [0.5, 0.6) is 5.75 Å². The number of benzene rings is 2. The summed E-state index contributed by atoms with van der Waals surface area (Å²) in [5.74, 6) is 1.04. The molecular weight excluding hydrogens is 388 g/mol. The van der Waals surface area contributed by atoms with E-state index in [1.807, 2.05) is 24.3 Å². The molecule has 7 heteroatoms. The summed E-state index contributed by atoms with van der Waals surface area (Å²) in [5.41, 5.74) is 1.23. The molecule has 0 bridgehead atoms. The summed E-state index contributed by atoms with van der Waals surface area (Å²) >= 11 is 0. The van der Waals surface area contributed by atoms with Crippen LogP contribution in [-0.4, -0.2) is 34.0 Å². The lowest BCUT2D eigenvalue weighted by molar-refractivity contribution is 0.0975. The monoisotopic (exact) mass is 414 g/mol. The number of nitrogens with one attached hydrogen (secondary N) is 1. The van der Waals surface area contributed by atoms with Crippen LogP contribution in [0.25, 0.3) is 0 Å². The zero-order valence-corrected chi connectivity index (χ0v) is 17.5. The normalized spacial score (nSPS) is 14.8. The summed E-state index contributed by atoms with van der Waals surface area (Å²) in [4.78, 5) is 15.2. The molecule has 154 valence electrons. The third kappa shape index (κ3) is 4.86. The summed E-state index contributed by atoms with van der Waals surface area (Å²) in [6, 6.07) is 13.5. The smallest absolute Gasteiger partial charge is 0.258 e. The topological polar surface area (TPSA) is 75.7 Å². The van der Waals surface area contributed by atoms with E-state index in [0.717, 1.165) is 24.3 Å². The molecule has 29 heavy (non-hydrogen) atoms. The van der Waals surface area contributed by atoms with E-state index in [1.165, 1.54) is 18.2 Å². The molecule has 1 N–H and O–H groups in total. The van der Waals surface area contributed by atoms with Crippen LogP contribution >= 0.6 is 0 Å². The van der Waals surface area contributed by atoms with Crippen molar-refractivity contribution in [3.05, 3.63) is 66.7 Å². The molecule has 0 aliphatic heterocycles. The second-order valence-electron chi connectivity index (χ2n) is 7.12. The molecular formula is C22H26N2O4S. The number of rotatable bonds is 9.